The highest BCUT2D eigenvalue weighted by Gasteiger charge is 2.55. The first kappa shape index (κ1) is 30.1. The standard InChI is InChI=1S/C24H31N5O8S3/c1-24(2,3)22(33)37-11-36-21(32)17-14(38-8-12-5-6-35-7-12)10-39-20-16(19(31)29(17)20)27-18(30)15(28-34-4)13-9-40-23(25)26-13/h9,12,16,20H,5-8,10-11H2,1-4H3,(H2,25,26)(H,27,30)/b28-15-. The molecule has 0 bridgehead atoms. The Kier molecular flexibility index (Phi) is 9.64. The maximum atomic E-state index is 13.3. The van der Waals surface area contributed by atoms with Gasteiger partial charge in [0.05, 0.1) is 12.0 Å². The summed E-state index contributed by atoms with van der Waals surface area (Å²) in [6, 6.07) is -0.924. The fraction of sp³-hybridized carbons (Fsp3) is 0.583. The molecule has 0 aliphatic carbocycles. The van der Waals surface area contributed by atoms with Gasteiger partial charge < -0.3 is 30.1 Å². The highest BCUT2D eigenvalue weighted by atomic mass is 32.2. The third kappa shape index (κ3) is 6.72. The molecule has 16 heteroatoms. The molecule has 2 fully saturated rings. The minimum atomic E-state index is -0.924. The lowest BCUT2D eigenvalue weighted by Gasteiger charge is -2.49. The SMILES string of the molecule is CO/N=C(\C(=O)NC1C(=O)N2C(C(=O)OCOC(=O)C(C)(C)C)=C(SCC3CCOC3)CSC12)c1csc(N)n1. The molecule has 4 rings (SSSR count). The van der Waals surface area contributed by atoms with E-state index in [0.29, 0.717) is 35.5 Å². The second kappa shape index (κ2) is 12.8. The fourth-order valence-electron chi connectivity index (χ4n) is 3.95. The molecule has 0 radical (unpaired) electrons. The van der Waals surface area contributed by atoms with Crippen LogP contribution in [0.1, 0.15) is 32.9 Å². The number of carbonyl (C=O) groups excluding carboxylic acids is 4. The van der Waals surface area contributed by atoms with Crippen LogP contribution in [0.25, 0.3) is 0 Å². The number of fused-ring (bicyclic) bond motifs is 1. The van der Waals surface area contributed by atoms with Gasteiger partial charge in [-0.2, -0.15) is 0 Å². The maximum Gasteiger partial charge on any atom is 0.358 e. The fourth-order valence-corrected chi connectivity index (χ4v) is 7.25. The predicted molar refractivity (Wildman–Crippen MR) is 150 cm³/mol. The Bertz CT molecular complexity index is 1220. The number of amides is 2. The number of carbonyl (C=O) groups is 4. The Morgan fingerprint density at radius 1 is 1.32 bits per heavy atom. The number of nitrogens with one attached hydrogen (secondary N) is 1. The number of thioether (sulfide) groups is 2. The predicted octanol–water partition coefficient (Wildman–Crippen LogP) is 1.55. The Balaban J connectivity index is 1.49. The average Bonchev–Trinajstić information content (AvgIpc) is 3.59. The first-order valence-corrected chi connectivity index (χ1v) is 15.3. The molecule has 218 valence electrons. The van der Waals surface area contributed by atoms with Crippen molar-refractivity contribution in [3.63, 3.8) is 0 Å². The van der Waals surface area contributed by atoms with Crippen LogP contribution in [0, 0.1) is 11.3 Å². The zero-order valence-electron chi connectivity index (χ0n) is 22.5. The van der Waals surface area contributed by atoms with Crippen LogP contribution >= 0.6 is 34.9 Å². The first-order chi connectivity index (χ1) is 19.0. The molecular formula is C24H31N5O8S3. The molecule has 1 aromatic rings. The molecule has 3 aliphatic rings. The number of hydrogen-bond donors (Lipinski definition) is 2. The molecule has 2 amide bonds. The molecule has 3 unspecified atom stereocenters. The van der Waals surface area contributed by atoms with Crippen molar-refractivity contribution in [2.45, 2.75) is 38.6 Å². The summed E-state index contributed by atoms with van der Waals surface area (Å²) in [4.78, 5) is 62.5. The van der Waals surface area contributed by atoms with Crippen molar-refractivity contribution >= 4 is 69.5 Å². The quantitative estimate of drug-likeness (QED) is 0.128. The highest BCUT2D eigenvalue weighted by molar-refractivity contribution is 8.06. The second-order valence-electron chi connectivity index (χ2n) is 10.1. The van der Waals surface area contributed by atoms with E-state index in [1.807, 2.05) is 0 Å². The summed E-state index contributed by atoms with van der Waals surface area (Å²) in [6.07, 6.45) is 0.922. The van der Waals surface area contributed by atoms with E-state index in [9.17, 15) is 19.2 Å². The molecule has 0 aromatic carbocycles. The number of rotatable bonds is 10. The van der Waals surface area contributed by atoms with Crippen molar-refractivity contribution in [3.8, 4) is 0 Å². The van der Waals surface area contributed by atoms with E-state index in [-0.39, 0.29) is 22.2 Å². The van der Waals surface area contributed by atoms with Crippen molar-refractivity contribution < 1.29 is 38.2 Å². The third-order valence-electron chi connectivity index (χ3n) is 6.09. The van der Waals surface area contributed by atoms with Gasteiger partial charge in [-0.1, -0.05) is 5.16 Å². The van der Waals surface area contributed by atoms with Gasteiger partial charge in [-0.25, -0.2) is 9.78 Å². The molecule has 3 N–H and O–H groups in total. The highest BCUT2D eigenvalue weighted by Crippen LogP contribution is 2.44. The van der Waals surface area contributed by atoms with Gasteiger partial charge in [0.15, 0.2) is 10.8 Å². The van der Waals surface area contributed by atoms with Crippen LogP contribution in [0.5, 0.6) is 0 Å². The molecular weight excluding hydrogens is 582 g/mol. The molecule has 1 aromatic heterocycles. The van der Waals surface area contributed by atoms with Crippen molar-refractivity contribution in [1.82, 2.24) is 15.2 Å². The van der Waals surface area contributed by atoms with Gasteiger partial charge >= 0.3 is 11.9 Å². The Labute approximate surface area is 243 Å². The van der Waals surface area contributed by atoms with Crippen molar-refractivity contribution in [1.29, 1.82) is 0 Å². The summed E-state index contributed by atoms with van der Waals surface area (Å²) < 4.78 is 15.8. The van der Waals surface area contributed by atoms with Crippen molar-refractivity contribution in [3.05, 3.63) is 21.7 Å². The molecule has 0 spiro atoms. The van der Waals surface area contributed by atoms with E-state index in [1.54, 1.807) is 26.2 Å². The van der Waals surface area contributed by atoms with E-state index in [4.69, 9.17) is 24.8 Å². The summed E-state index contributed by atoms with van der Waals surface area (Å²) in [5, 5.41) is 7.68. The summed E-state index contributed by atoms with van der Waals surface area (Å²) in [7, 11) is 1.29. The maximum absolute atomic E-state index is 13.3. The molecule has 40 heavy (non-hydrogen) atoms. The number of anilines is 1. The van der Waals surface area contributed by atoms with E-state index >= 15 is 0 Å². The largest absolute Gasteiger partial charge is 0.427 e. The van der Waals surface area contributed by atoms with Crippen molar-refractivity contribution in [2.24, 2.45) is 16.5 Å². The zero-order chi connectivity index (χ0) is 29.0. The van der Waals surface area contributed by atoms with E-state index in [0.717, 1.165) is 17.8 Å². The Morgan fingerprint density at radius 3 is 2.73 bits per heavy atom. The minimum Gasteiger partial charge on any atom is -0.427 e. The smallest absolute Gasteiger partial charge is 0.358 e. The number of hydrogen-bond acceptors (Lipinski definition) is 14. The van der Waals surface area contributed by atoms with Gasteiger partial charge in [0.2, 0.25) is 6.79 Å². The summed E-state index contributed by atoms with van der Waals surface area (Å²) in [5.41, 5.74) is 5.09. The molecule has 13 nitrogen and oxygen atoms in total. The lowest BCUT2D eigenvalue weighted by atomic mass is 9.98. The number of ether oxygens (including phenoxy) is 3. The lowest BCUT2D eigenvalue weighted by Crippen LogP contribution is -2.71. The number of nitrogens with two attached hydrogens (primary N) is 1. The molecule has 0 saturated carbocycles. The molecule has 3 aliphatic heterocycles. The van der Waals surface area contributed by atoms with E-state index in [2.05, 4.69) is 15.5 Å². The number of nitrogen functional groups attached to an aromatic ring is 1. The van der Waals surface area contributed by atoms with Crippen LogP contribution in [0.2, 0.25) is 0 Å². The Morgan fingerprint density at radius 2 is 2.10 bits per heavy atom. The number of thiazole rings is 1. The summed E-state index contributed by atoms with van der Waals surface area (Å²) >= 11 is 4.03. The van der Waals surface area contributed by atoms with Gasteiger partial charge in [-0.3, -0.25) is 19.3 Å². The second-order valence-corrected chi connectivity index (χ2v) is 13.2. The number of aromatic nitrogens is 1. The topological polar surface area (TPSA) is 172 Å². The van der Waals surface area contributed by atoms with Gasteiger partial charge in [-0.15, -0.1) is 34.9 Å². The lowest BCUT2D eigenvalue weighted by molar-refractivity contribution is -0.173. The van der Waals surface area contributed by atoms with Crippen molar-refractivity contribution in [2.75, 3.05) is 44.4 Å². The van der Waals surface area contributed by atoms with Crippen LogP contribution < -0.4 is 11.1 Å². The molecule has 2 saturated heterocycles. The van der Waals surface area contributed by atoms with E-state index < -0.39 is 47.4 Å². The minimum absolute atomic E-state index is 0.0908. The molecule has 3 atom stereocenters. The van der Waals surface area contributed by atoms with Gasteiger partial charge in [0, 0.05) is 28.4 Å². The summed E-state index contributed by atoms with van der Waals surface area (Å²) in [5.74, 6) is -0.993. The van der Waals surface area contributed by atoms with Gasteiger partial charge in [0.25, 0.3) is 11.8 Å². The van der Waals surface area contributed by atoms with Crippen LogP contribution in [0.15, 0.2) is 21.1 Å². The Hall–Kier alpha value is -2.82. The number of β-lactam (4-membered cyclic amide) rings is 1. The zero-order valence-corrected chi connectivity index (χ0v) is 24.9. The number of nitrogens with zero attached hydrogens (tertiary/aromatic N) is 3. The van der Waals surface area contributed by atoms with Crippen LogP contribution in [0.3, 0.4) is 0 Å². The van der Waals surface area contributed by atoms with Gasteiger partial charge in [-0.05, 0) is 33.1 Å². The van der Waals surface area contributed by atoms with Crippen LogP contribution in [-0.2, 0) is 38.2 Å². The monoisotopic (exact) mass is 613 g/mol. The van der Waals surface area contributed by atoms with Crippen LogP contribution in [0.4, 0.5) is 5.13 Å². The number of oxime groups is 1. The number of esters is 2. The molecule has 4 heterocycles. The van der Waals surface area contributed by atoms with E-state index in [1.165, 1.54) is 35.5 Å². The van der Waals surface area contributed by atoms with Crippen LogP contribution in [-0.4, -0.2) is 89.4 Å². The normalized spacial score (nSPS) is 22.9. The third-order valence-corrected chi connectivity index (χ3v) is 9.55. The average molecular weight is 614 g/mol. The summed E-state index contributed by atoms with van der Waals surface area (Å²) in [6.45, 7) is 5.81. The van der Waals surface area contributed by atoms with Gasteiger partial charge in [0.1, 0.15) is 29.9 Å². The first-order valence-electron chi connectivity index (χ1n) is 12.4.